The van der Waals surface area contributed by atoms with E-state index in [1.54, 1.807) is 13.8 Å². The third-order valence-electron chi connectivity index (χ3n) is 8.01. The van der Waals surface area contributed by atoms with Gasteiger partial charge in [-0.25, -0.2) is 9.59 Å². The molecule has 5 atom stereocenters. The van der Waals surface area contributed by atoms with Gasteiger partial charge in [0, 0.05) is 12.5 Å². The molecule has 5 N–H and O–H groups in total. The molecule has 15 nitrogen and oxygen atoms in total. The third-order valence-corrected chi connectivity index (χ3v) is 8.01. The minimum absolute atomic E-state index is 0.00114. The highest BCUT2D eigenvalue weighted by Gasteiger charge is 2.44. The number of hydrogen-bond acceptors (Lipinski definition) is 13. The summed E-state index contributed by atoms with van der Waals surface area (Å²) >= 11 is 0. The molecule has 0 aliphatic carbocycles. The number of carbonyl (C=O) groups is 6. The highest BCUT2D eigenvalue weighted by Crippen LogP contribution is 2.30. The fourth-order valence-corrected chi connectivity index (χ4v) is 5.44. The number of phenols is 3. The largest absolute Gasteiger partial charge is 0.508 e. The fraction of sp³-hybridized carbons (Fsp3) is 0.514. The lowest BCUT2D eigenvalue weighted by Crippen LogP contribution is -2.50. The average molecular weight is 731 g/mol. The van der Waals surface area contributed by atoms with E-state index in [0.29, 0.717) is 24.8 Å². The molecule has 1 fully saturated rings. The Labute approximate surface area is 303 Å². The standard InChI is InChI=1S/C27H38N2O9.C10H12O4/c1-6-7-8-10-19-24(38-21(31)13-15(2)3)17(5)37-27(35)22(16(4)36-26(19)34)29-25(33)18-11-9-12-20(23(18)32)28-14-30;1-3-14-10(13)9-6(2)4-7(11)5-8(9)12/h9,11-12,14-17,19,22,24,32H,6-8,10,13H2,1-5H3,(H,28,30)(H,29,33);4-5,11-12H,3H2,1-2H3. The minimum atomic E-state index is -1.42. The first-order chi connectivity index (χ1) is 24.6. The molecule has 1 saturated heterocycles. The number of esters is 4. The van der Waals surface area contributed by atoms with E-state index >= 15 is 0 Å². The van der Waals surface area contributed by atoms with Gasteiger partial charge in [0.1, 0.15) is 29.3 Å². The van der Waals surface area contributed by atoms with Crippen molar-refractivity contribution in [2.24, 2.45) is 11.8 Å². The van der Waals surface area contributed by atoms with Crippen molar-refractivity contribution in [3.05, 3.63) is 47.0 Å². The summed E-state index contributed by atoms with van der Waals surface area (Å²) in [5.74, 6) is -5.19. The number of rotatable bonds is 13. The van der Waals surface area contributed by atoms with E-state index in [9.17, 15) is 39.0 Å². The van der Waals surface area contributed by atoms with Crippen molar-refractivity contribution in [3.8, 4) is 17.2 Å². The number of para-hydroxylation sites is 1. The maximum absolute atomic E-state index is 13.3. The van der Waals surface area contributed by atoms with Gasteiger partial charge >= 0.3 is 23.9 Å². The van der Waals surface area contributed by atoms with Crippen molar-refractivity contribution in [3.63, 3.8) is 0 Å². The van der Waals surface area contributed by atoms with E-state index in [1.165, 1.54) is 38.1 Å². The Morgan fingerprint density at radius 2 is 1.65 bits per heavy atom. The fourth-order valence-electron chi connectivity index (χ4n) is 5.44. The van der Waals surface area contributed by atoms with E-state index in [1.807, 2.05) is 20.8 Å². The number of benzene rings is 2. The minimum Gasteiger partial charge on any atom is -0.508 e. The number of hydrogen-bond donors (Lipinski definition) is 5. The number of aryl methyl sites for hydroxylation is 1. The van der Waals surface area contributed by atoms with Crippen LogP contribution >= 0.6 is 0 Å². The first-order valence-electron chi connectivity index (χ1n) is 17.2. The molecule has 1 heterocycles. The molecule has 5 unspecified atom stereocenters. The van der Waals surface area contributed by atoms with E-state index < -0.39 is 65.8 Å². The van der Waals surface area contributed by atoms with Gasteiger partial charge in [-0.3, -0.25) is 19.2 Å². The highest BCUT2D eigenvalue weighted by molar-refractivity contribution is 6.01. The number of amides is 2. The Bertz CT molecular complexity index is 1550. The molecule has 2 amide bonds. The predicted molar refractivity (Wildman–Crippen MR) is 188 cm³/mol. The number of anilines is 1. The van der Waals surface area contributed by atoms with Gasteiger partial charge in [0.05, 0.1) is 23.8 Å². The predicted octanol–water partition coefficient (Wildman–Crippen LogP) is 4.67. The number of carbonyl (C=O) groups excluding carboxylic acids is 6. The lowest BCUT2D eigenvalue weighted by molar-refractivity contribution is -0.175. The summed E-state index contributed by atoms with van der Waals surface area (Å²) in [5.41, 5.74) is 0.374. The van der Waals surface area contributed by atoms with Crippen molar-refractivity contribution in [1.29, 1.82) is 0 Å². The molecule has 52 heavy (non-hydrogen) atoms. The van der Waals surface area contributed by atoms with Crippen LogP contribution in [0.4, 0.5) is 5.69 Å². The van der Waals surface area contributed by atoms with Crippen molar-refractivity contribution < 1.29 is 63.0 Å². The van der Waals surface area contributed by atoms with Gasteiger partial charge < -0.3 is 44.9 Å². The van der Waals surface area contributed by atoms with E-state index in [2.05, 4.69) is 10.6 Å². The Balaban J connectivity index is 0.000000557. The second-order valence-electron chi connectivity index (χ2n) is 12.7. The van der Waals surface area contributed by atoms with Gasteiger partial charge in [-0.05, 0) is 63.8 Å². The first-order valence-corrected chi connectivity index (χ1v) is 17.2. The maximum atomic E-state index is 13.3. The molecule has 15 heteroatoms. The van der Waals surface area contributed by atoms with Gasteiger partial charge in [0.15, 0.2) is 17.9 Å². The van der Waals surface area contributed by atoms with Crippen molar-refractivity contribution in [1.82, 2.24) is 5.32 Å². The average Bonchev–Trinajstić information content (AvgIpc) is 3.07. The molecule has 0 radical (unpaired) electrons. The molecule has 0 spiro atoms. The van der Waals surface area contributed by atoms with Gasteiger partial charge in [0.25, 0.3) is 5.91 Å². The molecule has 286 valence electrons. The Morgan fingerprint density at radius 3 is 2.25 bits per heavy atom. The molecule has 1 aliphatic rings. The second-order valence-corrected chi connectivity index (χ2v) is 12.7. The van der Waals surface area contributed by atoms with Crippen LogP contribution in [0.25, 0.3) is 0 Å². The SMILES string of the molecule is CCCCCC1C(=O)OC(C)C(NC(=O)c2cccc(NC=O)c2O)C(=O)OC(C)C1OC(=O)CC(C)C.CCOC(=O)c1c(C)cc(O)cc1O. The summed E-state index contributed by atoms with van der Waals surface area (Å²) < 4.78 is 21.6. The van der Waals surface area contributed by atoms with Crippen LogP contribution in [0.1, 0.15) is 99.9 Å². The monoisotopic (exact) mass is 730 g/mol. The molecule has 0 aromatic heterocycles. The van der Waals surface area contributed by atoms with Crippen LogP contribution in [0.2, 0.25) is 0 Å². The van der Waals surface area contributed by atoms with Gasteiger partial charge in [-0.2, -0.15) is 0 Å². The second kappa shape index (κ2) is 20.5. The summed E-state index contributed by atoms with van der Waals surface area (Å²) in [4.78, 5) is 74.0. The number of ether oxygens (including phenoxy) is 4. The van der Waals surface area contributed by atoms with Crippen molar-refractivity contribution >= 4 is 41.9 Å². The molecule has 2 aromatic carbocycles. The quantitative estimate of drug-likeness (QED) is 0.0622. The van der Waals surface area contributed by atoms with Crippen LogP contribution in [0.3, 0.4) is 0 Å². The van der Waals surface area contributed by atoms with E-state index in [4.69, 9.17) is 24.1 Å². The van der Waals surface area contributed by atoms with Crippen LogP contribution < -0.4 is 10.6 Å². The normalized spacial score (nSPS) is 20.0. The Kier molecular flexibility index (Phi) is 16.9. The zero-order valence-corrected chi connectivity index (χ0v) is 30.6. The molecular weight excluding hydrogens is 680 g/mol. The van der Waals surface area contributed by atoms with Crippen molar-refractivity contribution in [2.45, 2.75) is 105 Å². The van der Waals surface area contributed by atoms with Crippen LogP contribution in [0.5, 0.6) is 17.2 Å². The zero-order chi connectivity index (χ0) is 39.1. The number of cyclic esters (lactones) is 2. The highest BCUT2D eigenvalue weighted by atomic mass is 16.6. The van der Waals surface area contributed by atoms with Gasteiger partial charge in [-0.1, -0.05) is 46.1 Å². The summed E-state index contributed by atoms with van der Waals surface area (Å²) in [6.07, 6.45) is 0.0639. The smallest absolute Gasteiger partial charge is 0.342 e. The zero-order valence-electron chi connectivity index (χ0n) is 30.6. The first kappa shape index (κ1) is 42.8. The summed E-state index contributed by atoms with van der Waals surface area (Å²) in [5, 5.41) is 33.6. The molecular formula is C37H50N2O13. The van der Waals surface area contributed by atoms with Crippen LogP contribution in [-0.2, 0) is 38.1 Å². The molecule has 2 aromatic rings. The topological polar surface area (TPSA) is 224 Å². The lowest BCUT2D eigenvalue weighted by atomic mass is 9.92. The Hall–Kier alpha value is -5.34. The number of aromatic hydroxyl groups is 3. The molecule has 0 bridgehead atoms. The van der Waals surface area contributed by atoms with Gasteiger partial charge in [0.2, 0.25) is 6.41 Å². The summed E-state index contributed by atoms with van der Waals surface area (Å²) in [6.45, 7) is 12.3. The third kappa shape index (κ3) is 12.2. The number of nitrogens with one attached hydrogen (secondary N) is 2. The summed E-state index contributed by atoms with van der Waals surface area (Å²) in [6, 6.07) is 5.21. The molecule has 3 rings (SSSR count). The van der Waals surface area contributed by atoms with E-state index in [0.717, 1.165) is 18.9 Å². The number of phenolic OH excluding ortho intramolecular Hbond substituents is 3. The number of unbranched alkanes of at least 4 members (excludes halogenated alkanes) is 2. The van der Waals surface area contributed by atoms with Crippen LogP contribution in [-0.4, -0.2) is 82.5 Å². The van der Waals surface area contributed by atoms with Crippen LogP contribution in [0, 0.1) is 18.8 Å². The lowest BCUT2D eigenvalue weighted by Gasteiger charge is -2.29. The summed E-state index contributed by atoms with van der Waals surface area (Å²) in [7, 11) is 0. The van der Waals surface area contributed by atoms with Gasteiger partial charge in [-0.15, -0.1) is 0 Å². The van der Waals surface area contributed by atoms with E-state index in [-0.39, 0.29) is 47.3 Å². The van der Waals surface area contributed by atoms with Crippen molar-refractivity contribution in [2.75, 3.05) is 11.9 Å². The Morgan fingerprint density at radius 1 is 0.981 bits per heavy atom. The van der Waals surface area contributed by atoms with Crippen LogP contribution in [0.15, 0.2) is 30.3 Å². The molecule has 0 saturated carbocycles. The molecule has 1 aliphatic heterocycles. The maximum Gasteiger partial charge on any atom is 0.342 e.